The summed E-state index contributed by atoms with van der Waals surface area (Å²) in [6.07, 6.45) is -0.209. The lowest BCUT2D eigenvalue weighted by atomic mass is 10.1. The SMILES string of the molecule is CCNC(CCOCC(F)F)c1c(OC)cnn1C. The number of hydrogen-bond donors (Lipinski definition) is 1. The fourth-order valence-corrected chi connectivity index (χ4v) is 1.94. The molecule has 0 aliphatic heterocycles. The average Bonchev–Trinajstić information content (AvgIpc) is 2.74. The molecular formula is C12H21F2N3O2. The Balaban J connectivity index is 2.63. The van der Waals surface area contributed by atoms with Crippen LogP contribution in [-0.4, -0.2) is 43.1 Å². The van der Waals surface area contributed by atoms with Gasteiger partial charge in [-0.15, -0.1) is 0 Å². The Hall–Kier alpha value is -1.21. The monoisotopic (exact) mass is 277 g/mol. The summed E-state index contributed by atoms with van der Waals surface area (Å²) in [5.74, 6) is 0.683. The molecule has 1 rings (SSSR count). The van der Waals surface area contributed by atoms with Crippen molar-refractivity contribution < 1.29 is 18.3 Å². The van der Waals surface area contributed by atoms with Gasteiger partial charge < -0.3 is 14.8 Å². The predicted octanol–water partition coefficient (Wildman–Crippen LogP) is 1.75. The van der Waals surface area contributed by atoms with Crippen LogP contribution in [0.4, 0.5) is 8.78 Å². The van der Waals surface area contributed by atoms with Crippen molar-refractivity contribution in [2.24, 2.45) is 7.05 Å². The second-order valence-electron chi connectivity index (χ2n) is 4.09. The van der Waals surface area contributed by atoms with E-state index in [-0.39, 0.29) is 12.6 Å². The second kappa shape index (κ2) is 8.06. The molecule has 1 aromatic heterocycles. The molecule has 1 atom stereocenters. The van der Waals surface area contributed by atoms with Gasteiger partial charge in [-0.05, 0) is 13.0 Å². The fraction of sp³-hybridized carbons (Fsp3) is 0.750. The van der Waals surface area contributed by atoms with Crippen molar-refractivity contribution >= 4 is 0 Å². The van der Waals surface area contributed by atoms with E-state index in [0.717, 1.165) is 12.2 Å². The lowest BCUT2D eigenvalue weighted by Crippen LogP contribution is -2.25. The van der Waals surface area contributed by atoms with E-state index >= 15 is 0 Å². The molecule has 0 aliphatic rings. The molecule has 0 bridgehead atoms. The van der Waals surface area contributed by atoms with Crippen LogP contribution in [0.5, 0.6) is 5.75 Å². The van der Waals surface area contributed by atoms with E-state index in [2.05, 4.69) is 10.4 Å². The molecule has 5 nitrogen and oxygen atoms in total. The molecule has 1 aromatic rings. The van der Waals surface area contributed by atoms with Crippen molar-refractivity contribution in [1.29, 1.82) is 0 Å². The Labute approximate surface area is 111 Å². The van der Waals surface area contributed by atoms with Crippen LogP contribution in [0.2, 0.25) is 0 Å². The number of methoxy groups -OCH3 is 1. The summed E-state index contributed by atoms with van der Waals surface area (Å²) in [5.41, 5.74) is 0.894. The van der Waals surface area contributed by atoms with Crippen molar-refractivity contribution in [1.82, 2.24) is 15.1 Å². The molecule has 1 heterocycles. The van der Waals surface area contributed by atoms with Gasteiger partial charge in [-0.3, -0.25) is 4.68 Å². The number of aryl methyl sites for hydroxylation is 1. The average molecular weight is 277 g/mol. The summed E-state index contributed by atoms with van der Waals surface area (Å²) < 4.78 is 35.9. The van der Waals surface area contributed by atoms with Crippen molar-refractivity contribution in [3.63, 3.8) is 0 Å². The van der Waals surface area contributed by atoms with E-state index < -0.39 is 13.0 Å². The Morgan fingerprint density at radius 3 is 2.79 bits per heavy atom. The first-order valence-electron chi connectivity index (χ1n) is 6.25. The van der Waals surface area contributed by atoms with E-state index in [1.807, 2.05) is 14.0 Å². The summed E-state index contributed by atoms with van der Waals surface area (Å²) in [6.45, 7) is 2.47. The number of alkyl halides is 2. The largest absolute Gasteiger partial charge is 0.493 e. The highest BCUT2D eigenvalue weighted by Crippen LogP contribution is 2.26. The van der Waals surface area contributed by atoms with Crippen LogP contribution >= 0.6 is 0 Å². The standard InChI is InChI=1S/C12H21F2N3O2/c1-4-15-9(5-6-19-8-11(13)14)12-10(18-3)7-16-17(12)2/h7,9,11,15H,4-6,8H2,1-3H3. The molecule has 110 valence electrons. The molecule has 0 fully saturated rings. The van der Waals surface area contributed by atoms with Crippen LogP contribution in [0.25, 0.3) is 0 Å². The normalized spacial score (nSPS) is 12.9. The van der Waals surface area contributed by atoms with Crippen molar-refractivity contribution in [3.8, 4) is 5.75 Å². The number of rotatable bonds is 9. The van der Waals surface area contributed by atoms with Gasteiger partial charge in [-0.2, -0.15) is 5.10 Å². The minimum absolute atomic E-state index is 0.0369. The van der Waals surface area contributed by atoms with Gasteiger partial charge >= 0.3 is 0 Å². The minimum atomic E-state index is -2.43. The second-order valence-corrected chi connectivity index (χ2v) is 4.09. The zero-order valence-electron chi connectivity index (χ0n) is 11.5. The van der Waals surface area contributed by atoms with Gasteiger partial charge in [0, 0.05) is 13.7 Å². The first-order valence-corrected chi connectivity index (χ1v) is 6.25. The highest BCUT2D eigenvalue weighted by atomic mass is 19.3. The van der Waals surface area contributed by atoms with E-state index in [9.17, 15) is 8.78 Å². The van der Waals surface area contributed by atoms with Gasteiger partial charge in [0.1, 0.15) is 6.61 Å². The van der Waals surface area contributed by atoms with E-state index in [0.29, 0.717) is 12.2 Å². The molecule has 0 saturated carbocycles. The molecule has 0 saturated heterocycles. The number of ether oxygens (including phenoxy) is 2. The van der Waals surface area contributed by atoms with Gasteiger partial charge in [0.2, 0.25) is 0 Å². The zero-order valence-corrected chi connectivity index (χ0v) is 11.5. The Bertz CT molecular complexity index is 372. The smallest absolute Gasteiger partial charge is 0.261 e. The van der Waals surface area contributed by atoms with Gasteiger partial charge in [-0.1, -0.05) is 6.92 Å². The number of nitrogens with one attached hydrogen (secondary N) is 1. The van der Waals surface area contributed by atoms with Crippen LogP contribution in [0.3, 0.4) is 0 Å². The van der Waals surface area contributed by atoms with E-state index in [1.54, 1.807) is 18.0 Å². The van der Waals surface area contributed by atoms with E-state index in [4.69, 9.17) is 9.47 Å². The zero-order chi connectivity index (χ0) is 14.3. The molecule has 7 heteroatoms. The summed E-state index contributed by atoms with van der Waals surface area (Å²) >= 11 is 0. The Morgan fingerprint density at radius 2 is 2.21 bits per heavy atom. The highest BCUT2D eigenvalue weighted by Gasteiger charge is 2.19. The van der Waals surface area contributed by atoms with Gasteiger partial charge in [0.25, 0.3) is 6.43 Å². The quantitative estimate of drug-likeness (QED) is 0.699. The Kier molecular flexibility index (Phi) is 6.72. The number of halogens is 2. The van der Waals surface area contributed by atoms with Crippen molar-refractivity contribution in [3.05, 3.63) is 11.9 Å². The van der Waals surface area contributed by atoms with Crippen molar-refractivity contribution in [2.75, 3.05) is 26.9 Å². The van der Waals surface area contributed by atoms with Crippen LogP contribution < -0.4 is 10.1 Å². The number of aromatic nitrogens is 2. The van der Waals surface area contributed by atoms with Crippen molar-refractivity contribution in [2.45, 2.75) is 25.8 Å². The Morgan fingerprint density at radius 1 is 1.47 bits per heavy atom. The molecule has 0 aliphatic carbocycles. The van der Waals surface area contributed by atoms with Gasteiger partial charge in [0.05, 0.1) is 25.0 Å². The fourth-order valence-electron chi connectivity index (χ4n) is 1.94. The summed E-state index contributed by atoms with van der Waals surface area (Å²) in [7, 11) is 3.40. The molecule has 1 N–H and O–H groups in total. The van der Waals surface area contributed by atoms with Gasteiger partial charge in [0.15, 0.2) is 5.75 Å². The minimum Gasteiger partial charge on any atom is -0.493 e. The van der Waals surface area contributed by atoms with Crippen LogP contribution in [0.1, 0.15) is 25.1 Å². The molecule has 19 heavy (non-hydrogen) atoms. The molecule has 0 amide bonds. The molecule has 0 radical (unpaired) electrons. The van der Waals surface area contributed by atoms with Crippen LogP contribution in [0.15, 0.2) is 6.20 Å². The maximum absolute atomic E-state index is 12.0. The first-order chi connectivity index (χ1) is 9.10. The van der Waals surface area contributed by atoms with Crippen LogP contribution in [0, 0.1) is 0 Å². The lowest BCUT2D eigenvalue weighted by Gasteiger charge is -2.19. The summed E-state index contributed by atoms with van der Waals surface area (Å²) in [5, 5.41) is 7.42. The molecule has 0 spiro atoms. The summed E-state index contributed by atoms with van der Waals surface area (Å²) in [4.78, 5) is 0. The molecule has 1 unspecified atom stereocenters. The third-order valence-corrected chi connectivity index (χ3v) is 2.74. The van der Waals surface area contributed by atoms with E-state index in [1.165, 1.54) is 0 Å². The molecular weight excluding hydrogens is 256 g/mol. The predicted molar refractivity (Wildman–Crippen MR) is 67.6 cm³/mol. The topological polar surface area (TPSA) is 48.3 Å². The maximum atomic E-state index is 12.0. The third kappa shape index (κ3) is 4.76. The first kappa shape index (κ1) is 15.8. The lowest BCUT2D eigenvalue weighted by molar-refractivity contribution is 0.0141. The third-order valence-electron chi connectivity index (χ3n) is 2.74. The maximum Gasteiger partial charge on any atom is 0.261 e. The molecule has 0 aromatic carbocycles. The summed E-state index contributed by atoms with van der Waals surface area (Å²) in [6, 6.07) is -0.0369. The number of nitrogens with zero attached hydrogens (tertiary/aromatic N) is 2. The number of hydrogen-bond acceptors (Lipinski definition) is 4. The van der Waals surface area contributed by atoms with Crippen LogP contribution in [-0.2, 0) is 11.8 Å². The highest BCUT2D eigenvalue weighted by molar-refractivity contribution is 5.28. The van der Waals surface area contributed by atoms with Gasteiger partial charge in [-0.25, -0.2) is 8.78 Å².